The Morgan fingerprint density at radius 2 is 1.74 bits per heavy atom. The van der Waals surface area contributed by atoms with Crippen molar-refractivity contribution in [2.75, 3.05) is 25.1 Å². The Morgan fingerprint density at radius 1 is 1.12 bits per heavy atom. The zero-order chi connectivity index (χ0) is 24.5. The monoisotopic (exact) mass is 499 g/mol. The van der Waals surface area contributed by atoms with Crippen LogP contribution in [0, 0.1) is 18.6 Å². The number of likely N-dealkylation sites (N-methyl/N-ethyl adjacent to an activating group) is 1. The summed E-state index contributed by atoms with van der Waals surface area (Å²) in [5, 5.41) is 7.62. The molecule has 4 rings (SSSR count). The molecule has 1 fully saturated rings. The van der Waals surface area contributed by atoms with Gasteiger partial charge in [0.05, 0.1) is 24.7 Å². The van der Waals surface area contributed by atoms with Crippen molar-refractivity contribution in [3.05, 3.63) is 64.4 Å². The Kier molecular flexibility index (Phi) is 7.01. The molecule has 3 aromatic rings. The van der Waals surface area contributed by atoms with E-state index in [0.29, 0.717) is 17.9 Å². The van der Waals surface area contributed by atoms with Gasteiger partial charge in [-0.25, -0.2) is 13.1 Å². The number of hydrogen-bond donors (Lipinski definition) is 1. The van der Waals surface area contributed by atoms with E-state index in [1.807, 2.05) is 74.0 Å². The maximum atomic E-state index is 12.5. The average Bonchev–Trinajstić information content (AvgIpc) is 3.27. The van der Waals surface area contributed by atoms with Crippen LogP contribution in [0.15, 0.2) is 48.5 Å². The first-order valence-electron chi connectivity index (χ1n) is 11.1. The molecule has 1 aliphatic heterocycles. The number of rotatable bonds is 7. The Balaban J connectivity index is 1.56. The molecule has 1 atom stereocenters. The zero-order valence-electron chi connectivity index (χ0n) is 19.6. The first-order valence-corrected chi connectivity index (χ1v) is 13.4. The Morgan fingerprint density at radius 3 is 2.32 bits per heavy atom. The number of aryl methyl sites for hydroxylation is 2. The standard InChI is InChI=1S/C24H29N5O3S2/c1-17-4-8-19(9-5-17)23-26-28(24(33)29(23)21-10-6-18(2)7-11-21)16-27(3)14-22(30)25-20-12-13-34(31,32)15-20/h4-11,20H,12-16H2,1-3H3,(H,25,30). The average molecular weight is 500 g/mol. The topological polar surface area (TPSA) is 89.2 Å². The van der Waals surface area contributed by atoms with Gasteiger partial charge >= 0.3 is 0 Å². The lowest BCUT2D eigenvalue weighted by Gasteiger charge is -2.18. The van der Waals surface area contributed by atoms with Crippen LogP contribution in [0.4, 0.5) is 0 Å². The predicted molar refractivity (Wildman–Crippen MR) is 135 cm³/mol. The van der Waals surface area contributed by atoms with Crippen LogP contribution in [0.25, 0.3) is 17.1 Å². The van der Waals surface area contributed by atoms with E-state index in [2.05, 4.69) is 5.32 Å². The second kappa shape index (κ2) is 9.81. The zero-order valence-corrected chi connectivity index (χ0v) is 21.2. The molecule has 1 unspecified atom stereocenters. The molecule has 1 aromatic heterocycles. The number of aromatic nitrogens is 3. The summed E-state index contributed by atoms with van der Waals surface area (Å²) in [7, 11) is -1.23. The van der Waals surface area contributed by atoms with Crippen molar-refractivity contribution in [3.8, 4) is 17.1 Å². The third-order valence-corrected chi connectivity index (χ3v) is 7.99. The lowest BCUT2D eigenvalue weighted by molar-refractivity contribution is -0.122. The summed E-state index contributed by atoms with van der Waals surface area (Å²) in [6.07, 6.45) is 0.462. The quantitative estimate of drug-likeness (QED) is 0.503. The molecule has 2 heterocycles. The number of nitrogens with zero attached hydrogens (tertiary/aromatic N) is 4. The minimum atomic E-state index is -3.04. The number of sulfone groups is 1. The van der Waals surface area contributed by atoms with Crippen molar-refractivity contribution in [1.82, 2.24) is 24.6 Å². The molecule has 0 bridgehead atoms. The Labute approximate surface area is 205 Å². The first-order chi connectivity index (χ1) is 16.1. The van der Waals surface area contributed by atoms with Gasteiger partial charge in [0.1, 0.15) is 0 Å². The van der Waals surface area contributed by atoms with E-state index >= 15 is 0 Å². The van der Waals surface area contributed by atoms with Crippen LogP contribution >= 0.6 is 12.2 Å². The van der Waals surface area contributed by atoms with Gasteiger partial charge in [0.2, 0.25) is 10.7 Å². The van der Waals surface area contributed by atoms with Gasteiger partial charge in [-0.15, -0.1) is 5.10 Å². The summed E-state index contributed by atoms with van der Waals surface area (Å²) >= 11 is 5.80. The highest BCUT2D eigenvalue weighted by molar-refractivity contribution is 7.91. The normalized spacial score (nSPS) is 17.2. The van der Waals surface area contributed by atoms with Gasteiger partial charge in [-0.3, -0.25) is 14.3 Å². The summed E-state index contributed by atoms with van der Waals surface area (Å²) in [4.78, 5) is 14.3. The number of hydrogen-bond acceptors (Lipinski definition) is 6. The smallest absolute Gasteiger partial charge is 0.234 e. The van der Waals surface area contributed by atoms with Crippen LogP contribution in [0.2, 0.25) is 0 Å². The molecule has 1 N–H and O–H groups in total. The van der Waals surface area contributed by atoms with E-state index in [9.17, 15) is 13.2 Å². The van der Waals surface area contributed by atoms with Crippen molar-refractivity contribution in [3.63, 3.8) is 0 Å². The molecule has 34 heavy (non-hydrogen) atoms. The second-order valence-corrected chi connectivity index (χ2v) is 11.6. The number of carbonyl (C=O) groups is 1. The molecular weight excluding hydrogens is 470 g/mol. The van der Waals surface area contributed by atoms with Crippen molar-refractivity contribution in [2.45, 2.75) is 33.0 Å². The fourth-order valence-corrected chi connectivity index (χ4v) is 5.99. The van der Waals surface area contributed by atoms with Gasteiger partial charge in [0.15, 0.2) is 15.7 Å². The van der Waals surface area contributed by atoms with Gasteiger partial charge in [0.25, 0.3) is 0 Å². The molecule has 180 valence electrons. The number of carbonyl (C=O) groups excluding carboxylic acids is 1. The molecule has 2 aromatic carbocycles. The van der Waals surface area contributed by atoms with E-state index in [1.54, 1.807) is 9.58 Å². The molecule has 8 nitrogen and oxygen atoms in total. The minimum Gasteiger partial charge on any atom is -0.351 e. The minimum absolute atomic E-state index is 0.00831. The molecule has 1 saturated heterocycles. The molecule has 0 spiro atoms. The highest BCUT2D eigenvalue weighted by atomic mass is 32.2. The van der Waals surface area contributed by atoms with E-state index < -0.39 is 9.84 Å². The third-order valence-electron chi connectivity index (χ3n) is 5.83. The number of benzene rings is 2. The van der Waals surface area contributed by atoms with Gasteiger partial charge < -0.3 is 5.32 Å². The highest BCUT2D eigenvalue weighted by Crippen LogP contribution is 2.23. The van der Waals surface area contributed by atoms with Crippen molar-refractivity contribution >= 4 is 28.0 Å². The van der Waals surface area contributed by atoms with Gasteiger partial charge in [-0.05, 0) is 51.7 Å². The predicted octanol–water partition coefficient (Wildman–Crippen LogP) is 2.88. The molecule has 1 aliphatic rings. The van der Waals surface area contributed by atoms with Crippen molar-refractivity contribution in [2.24, 2.45) is 0 Å². The van der Waals surface area contributed by atoms with Crippen LogP contribution in [-0.4, -0.2) is 64.7 Å². The fraction of sp³-hybridized carbons (Fsp3) is 0.375. The summed E-state index contributed by atoms with van der Waals surface area (Å²) in [6.45, 7) is 4.49. The Bertz CT molecular complexity index is 1340. The van der Waals surface area contributed by atoms with Gasteiger partial charge in [0, 0.05) is 17.3 Å². The Hall–Kier alpha value is -2.82. The molecule has 1 amide bonds. The fourth-order valence-electron chi connectivity index (χ4n) is 4.02. The highest BCUT2D eigenvalue weighted by Gasteiger charge is 2.29. The molecule has 0 radical (unpaired) electrons. The summed E-state index contributed by atoms with van der Waals surface area (Å²) in [5.41, 5.74) is 4.17. The molecule has 0 aliphatic carbocycles. The molecule has 0 saturated carbocycles. The van der Waals surface area contributed by atoms with Crippen molar-refractivity contribution < 1.29 is 13.2 Å². The van der Waals surface area contributed by atoms with E-state index in [-0.39, 0.29) is 30.0 Å². The van der Waals surface area contributed by atoms with Crippen LogP contribution < -0.4 is 5.32 Å². The lowest BCUT2D eigenvalue weighted by Crippen LogP contribution is -2.42. The molecular formula is C24H29N5O3S2. The van der Waals surface area contributed by atoms with Crippen LogP contribution in [0.5, 0.6) is 0 Å². The van der Waals surface area contributed by atoms with Crippen molar-refractivity contribution in [1.29, 1.82) is 0 Å². The van der Waals surface area contributed by atoms with E-state index in [1.165, 1.54) is 0 Å². The van der Waals surface area contributed by atoms with Crippen LogP contribution in [-0.2, 0) is 21.3 Å². The van der Waals surface area contributed by atoms with Crippen LogP contribution in [0.3, 0.4) is 0 Å². The van der Waals surface area contributed by atoms with E-state index in [4.69, 9.17) is 17.3 Å². The number of nitrogens with one attached hydrogen (secondary N) is 1. The number of amides is 1. The second-order valence-electron chi connectivity index (χ2n) is 8.97. The van der Waals surface area contributed by atoms with Crippen LogP contribution in [0.1, 0.15) is 17.5 Å². The first kappa shape index (κ1) is 24.3. The molecule has 10 heteroatoms. The maximum Gasteiger partial charge on any atom is 0.234 e. The maximum absolute atomic E-state index is 12.5. The SMILES string of the molecule is Cc1ccc(-c2nn(CN(C)CC(=O)NC3CCS(=O)(=O)C3)c(=S)n2-c2ccc(C)cc2)cc1. The van der Waals surface area contributed by atoms with Gasteiger partial charge in [-0.2, -0.15) is 0 Å². The summed E-state index contributed by atoms with van der Waals surface area (Å²) in [6, 6.07) is 15.9. The third kappa shape index (κ3) is 5.63. The summed E-state index contributed by atoms with van der Waals surface area (Å²) in [5.74, 6) is 0.644. The largest absolute Gasteiger partial charge is 0.351 e. The van der Waals surface area contributed by atoms with Gasteiger partial charge in [-0.1, -0.05) is 47.5 Å². The lowest BCUT2D eigenvalue weighted by atomic mass is 10.1. The van der Waals surface area contributed by atoms with E-state index in [0.717, 1.165) is 28.2 Å². The summed E-state index contributed by atoms with van der Waals surface area (Å²) < 4.78 is 27.5.